The van der Waals surface area contributed by atoms with Gasteiger partial charge in [-0.05, 0) is 37.7 Å². The van der Waals surface area contributed by atoms with Crippen LogP contribution in [0.1, 0.15) is 62.3 Å². The molecule has 0 atom stereocenters. The molecule has 0 unspecified atom stereocenters. The lowest BCUT2D eigenvalue weighted by atomic mass is 9.97. The van der Waals surface area contributed by atoms with Gasteiger partial charge in [-0.1, -0.05) is 26.2 Å². The molecule has 0 fully saturated rings. The van der Waals surface area contributed by atoms with Crippen LogP contribution < -0.4 is 10.9 Å². The topological polar surface area (TPSA) is 64.0 Å². The number of nitrogens with zero attached hydrogens (tertiary/aromatic N) is 2. The molecular formula is C19H27N3O2S. The maximum absolute atomic E-state index is 12.8. The van der Waals surface area contributed by atoms with Crippen LogP contribution in [-0.2, 0) is 24.2 Å². The second-order valence-electron chi connectivity index (χ2n) is 6.79. The van der Waals surface area contributed by atoms with Crippen LogP contribution >= 0.6 is 11.3 Å². The molecule has 5 nitrogen and oxygen atoms in total. The zero-order valence-corrected chi connectivity index (χ0v) is 15.8. The summed E-state index contributed by atoms with van der Waals surface area (Å²) in [5.41, 5.74) is 1.22. The number of rotatable bonds is 8. The molecule has 1 aliphatic rings. The van der Waals surface area contributed by atoms with Crippen LogP contribution in [0.5, 0.6) is 0 Å². The van der Waals surface area contributed by atoms with E-state index in [0.717, 1.165) is 48.9 Å². The largest absolute Gasteiger partial charge is 0.356 e. The van der Waals surface area contributed by atoms with Gasteiger partial charge in [-0.2, -0.15) is 0 Å². The summed E-state index contributed by atoms with van der Waals surface area (Å²) in [5, 5.41) is 3.73. The molecule has 2 aromatic rings. The van der Waals surface area contributed by atoms with Crippen LogP contribution in [0.2, 0.25) is 0 Å². The van der Waals surface area contributed by atoms with E-state index < -0.39 is 0 Å². The van der Waals surface area contributed by atoms with Crippen molar-refractivity contribution in [3.05, 3.63) is 27.1 Å². The SMILES string of the molecule is CCCCCCNC(=O)CCn1cnc2sc3c(c2c1=O)CCCC3. The van der Waals surface area contributed by atoms with Crippen LogP contribution in [0.25, 0.3) is 10.2 Å². The minimum absolute atomic E-state index is 0.0100. The average molecular weight is 362 g/mol. The molecule has 0 saturated carbocycles. The standard InChI is InChI=1S/C19H27N3O2S/c1-2-3-4-7-11-20-16(23)10-12-22-13-21-18-17(19(22)24)14-8-5-6-9-15(14)25-18/h13H,2-12H2,1H3,(H,20,23). The van der Waals surface area contributed by atoms with Crippen molar-refractivity contribution in [2.24, 2.45) is 0 Å². The average Bonchev–Trinajstić information content (AvgIpc) is 3.00. The van der Waals surface area contributed by atoms with E-state index >= 15 is 0 Å². The van der Waals surface area contributed by atoms with Crippen molar-refractivity contribution in [1.29, 1.82) is 0 Å². The molecule has 0 saturated heterocycles. The Bertz CT molecular complexity index is 794. The molecule has 2 aromatic heterocycles. The Balaban J connectivity index is 1.61. The molecule has 1 amide bonds. The molecule has 3 rings (SSSR count). The molecule has 0 bridgehead atoms. The van der Waals surface area contributed by atoms with Gasteiger partial charge in [0.1, 0.15) is 4.83 Å². The summed E-state index contributed by atoms with van der Waals surface area (Å²) in [6.07, 6.45) is 10.9. The zero-order valence-electron chi connectivity index (χ0n) is 15.0. The number of amides is 1. The lowest BCUT2D eigenvalue weighted by molar-refractivity contribution is -0.121. The fourth-order valence-electron chi connectivity index (χ4n) is 3.43. The Kier molecular flexibility index (Phi) is 6.24. The summed E-state index contributed by atoms with van der Waals surface area (Å²) in [4.78, 5) is 31.4. The Morgan fingerprint density at radius 2 is 2.12 bits per heavy atom. The van der Waals surface area contributed by atoms with Gasteiger partial charge in [0.05, 0.1) is 11.7 Å². The van der Waals surface area contributed by atoms with Crippen molar-refractivity contribution in [1.82, 2.24) is 14.9 Å². The van der Waals surface area contributed by atoms with E-state index in [2.05, 4.69) is 17.2 Å². The lowest BCUT2D eigenvalue weighted by Gasteiger charge is -2.10. The number of aryl methyl sites for hydroxylation is 3. The molecule has 0 radical (unpaired) electrons. The first kappa shape index (κ1) is 18.1. The number of carbonyl (C=O) groups excluding carboxylic acids is 1. The number of aromatic nitrogens is 2. The molecule has 25 heavy (non-hydrogen) atoms. The molecule has 0 spiro atoms. The second kappa shape index (κ2) is 8.61. The van der Waals surface area contributed by atoms with Gasteiger partial charge in [-0.15, -0.1) is 11.3 Å². The Hall–Kier alpha value is -1.69. The van der Waals surface area contributed by atoms with Crippen molar-refractivity contribution in [2.45, 2.75) is 71.3 Å². The molecule has 2 heterocycles. The molecular weight excluding hydrogens is 334 g/mol. The van der Waals surface area contributed by atoms with Crippen molar-refractivity contribution < 1.29 is 4.79 Å². The highest BCUT2D eigenvalue weighted by Crippen LogP contribution is 2.33. The molecule has 1 N–H and O–H groups in total. The summed E-state index contributed by atoms with van der Waals surface area (Å²) in [6.45, 7) is 3.29. The van der Waals surface area contributed by atoms with Crippen LogP contribution in [0.3, 0.4) is 0 Å². The van der Waals surface area contributed by atoms with E-state index in [0.29, 0.717) is 13.0 Å². The third kappa shape index (κ3) is 4.29. The normalized spacial score (nSPS) is 13.8. The smallest absolute Gasteiger partial charge is 0.262 e. The highest BCUT2D eigenvalue weighted by molar-refractivity contribution is 7.18. The minimum Gasteiger partial charge on any atom is -0.356 e. The van der Waals surface area contributed by atoms with Crippen molar-refractivity contribution in [3.63, 3.8) is 0 Å². The number of carbonyl (C=O) groups is 1. The third-order valence-corrected chi connectivity index (χ3v) is 6.07. The van der Waals surface area contributed by atoms with Crippen LogP contribution in [0, 0.1) is 0 Å². The molecule has 1 aliphatic carbocycles. The van der Waals surface area contributed by atoms with E-state index in [1.807, 2.05) is 0 Å². The van der Waals surface area contributed by atoms with Crippen LogP contribution in [-0.4, -0.2) is 22.0 Å². The van der Waals surface area contributed by atoms with Gasteiger partial charge in [0.2, 0.25) is 5.91 Å². The monoisotopic (exact) mass is 361 g/mol. The van der Waals surface area contributed by atoms with E-state index in [-0.39, 0.29) is 11.5 Å². The molecule has 0 aromatic carbocycles. The molecule has 136 valence electrons. The van der Waals surface area contributed by atoms with E-state index in [1.54, 1.807) is 22.2 Å². The maximum atomic E-state index is 12.8. The number of hydrogen-bond acceptors (Lipinski definition) is 4. The predicted molar refractivity (Wildman–Crippen MR) is 102 cm³/mol. The third-order valence-electron chi connectivity index (χ3n) is 4.87. The highest BCUT2D eigenvalue weighted by Gasteiger charge is 2.20. The van der Waals surface area contributed by atoms with E-state index in [4.69, 9.17) is 0 Å². The fourth-order valence-corrected chi connectivity index (χ4v) is 4.65. The van der Waals surface area contributed by atoms with Crippen molar-refractivity contribution in [2.75, 3.05) is 6.54 Å². The number of unbranched alkanes of at least 4 members (excludes halogenated alkanes) is 3. The Morgan fingerprint density at radius 1 is 1.28 bits per heavy atom. The van der Waals surface area contributed by atoms with Crippen molar-refractivity contribution in [3.8, 4) is 0 Å². The van der Waals surface area contributed by atoms with Crippen LogP contribution in [0.15, 0.2) is 11.1 Å². The fraction of sp³-hybridized carbons (Fsp3) is 0.632. The number of fused-ring (bicyclic) bond motifs is 3. The van der Waals surface area contributed by atoms with Crippen molar-refractivity contribution >= 4 is 27.5 Å². The lowest BCUT2D eigenvalue weighted by Crippen LogP contribution is -2.28. The van der Waals surface area contributed by atoms with Gasteiger partial charge in [0, 0.05) is 24.4 Å². The first-order chi connectivity index (χ1) is 12.2. The number of hydrogen-bond donors (Lipinski definition) is 1. The summed E-state index contributed by atoms with van der Waals surface area (Å²) in [7, 11) is 0. The maximum Gasteiger partial charge on any atom is 0.262 e. The number of nitrogens with one attached hydrogen (secondary N) is 1. The molecule has 6 heteroatoms. The van der Waals surface area contributed by atoms with E-state index in [1.165, 1.54) is 29.7 Å². The van der Waals surface area contributed by atoms with Gasteiger partial charge >= 0.3 is 0 Å². The van der Waals surface area contributed by atoms with Gasteiger partial charge in [0.15, 0.2) is 0 Å². The summed E-state index contributed by atoms with van der Waals surface area (Å²) < 4.78 is 1.60. The van der Waals surface area contributed by atoms with Gasteiger partial charge in [-0.3, -0.25) is 14.2 Å². The highest BCUT2D eigenvalue weighted by atomic mass is 32.1. The van der Waals surface area contributed by atoms with Gasteiger partial charge in [-0.25, -0.2) is 4.98 Å². The minimum atomic E-state index is 0.0100. The predicted octanol–water partition coefficient (Wildman–Crippen LogP) is 3.42. The summed E-state index contributed by atoms with van der Waals surface area (Å²) in [5.74, 6) is 0.0100. The zero-order chi connectivity index (χ0) is 17.6. The number of thiophene rings is 1. The van der Waals surface area contributed by atoms with E-state index in [9.17, 15) is 9.59 Å². The Labute approximate surface area is 152 Å². The first-order valence-corrected chi connectivity index (χ1v) is 10.3. The summed E-state index contributed by atoms with van der Waals surface area (Å²) in [6, 6.07) is 0. The quantitative estimate of drug-likeness (QED) is 0.733. The second-order valence-corrected chi connectivity index (χ2v) is 7.88. The first-order valence-electron chi connectivity index (χ1n) is 9.47. The van der Waals surface area contributed by atoms with Gasteiger partial charge in [0.25, 0.3) is 5.56 Å². The molecule has 0 aliphatic heterocycles. The van der Waals surface area contributed by atoms with Gasteiger partial charge < -0.3 is 5.32 Å². The Morgan fingerprint density at radius 3 is 2.96 bits per heavy atom. The van der Waals surface area contributed by atoms with Crippen LogP contribution in [0.4, 0.5) is 0 Å². The summed E-state index contributed by atoms with van der Waals surface area (Å²) >= 11 is 1.66.